The van der Waals surface area contributed by atoms with Crippen LogP contribution in [0.4, 0.5) is 0 Å². The Bertz CT molecular complexity index is 243. The first-order valence-corrected chi connectivity index (χ1v) is 6.21. The van der Waals surface area contributed by atoms with Gasteiger partial charge in [-0.2, -0.15) is 0 Å². The zero-order valence-corrected chi connectivity index (χ0v) is 10.4. The topological polar surface area (TPSA) is 17.1 Å². The van der Waals surface area contributed by atoms with Crippen molar-refractivity contribution in [1.82, 2.24) is 0 Å². The van der Waals surface area contributed by atoms with Crippen LogP contribution in [0.2, 0.25) is 0 Å². The van der Waals surface area contributed by atoms with Crippen LogP contribution in [0.3, 0.4) is 0 Å². The molecule has 1 aliphatic carbocycles. The number of ketones is 1. The second kappa shape index (κ2) is 5.48. The molecule has 0 aromatic rings. The van der Waals surface area contributed by atoms with Crippen molar-refractivity contribution in [1.29, 1.82) is 0 Å². The molecule has 0 aliphatic heterocycles. The highest BCUT2D eigenvalue weighted by Crippen LogP contribution is 2.25. The molecule has 0 unspecified atom stereocenters. The zero-order chi connectivity index (χ0) is 11.3. The summed E-state index contributed by atoms with van der Waals surface area (Å²) in [5.41, 5.74) is 1.23. The molecular weight excluding hydrogens is 184 g/mol. The van der Waals surface area contributed by atoms with Crippen molar-refractivity contribution in [2.45, 2.75) is 65.7 Å². The lowest BCUT2D eigenvalue weighted by molar-refractivity contribution is -0.117. The quantitative estimate of drug-likeness (QED) is 0.662. The first kappa shape index (κ1) is 12.5. The summed E-state index contributed by atoms with van der Waals surface area (Å²) in [5, 5.41) is 0. The Labute approximate surface area is 93.9 Å². The molecule has 0 saturated carbocycles. The predicted molar refractivity (Wildman–Crippen MR) is 64.9 cm³/mol. The van der Waals surface area contributed by atoms with E-state index >= 15 is 0 Å². The first-order chi connectivity index (χ1) is 6.99. The Morgan fingerprint density at radius 2 is 1.87 bits per heavy atom. The maximum atomic E-state index is 12.0. The average Bonchev–Trinajstić information content (AvgIpc) is 1.98. The second-order valence-corrected chi connectivity index (χ2v) is 5.84. The lowest BCUT2D eigenvalue weighted by atomic mass is 9.85. The van der Waals surface area contributed by atoms with Crippen molar-refractivity contribution in [3.8, 4) is 0 Å². The van der Waals surface area contributed by atoms with Crippen LogP contribution in [0.25, 0.3) is 0 Å². The van der Waals surface area contributed by atoms with E-state index in [1.54, 1.807) is 0 Å². The van der Waals surface area contributed by atoms with Crippen LogP contribution in [0.5, 0.6) is 0 Å². The molecular formula is C14H24O. The van der Waals surface area contributed by atoms with Gasteiger partial charge in [0.25, 0.3) is 0 Å². The van der Waals surface area contributed by atoms with Gasteiger partial charge >= 0.3 is 0 Å². The fourth-order valence-corrected chi connectivity index (χ4v) is 2.04. The average molecular weight is 208 g/mol. The summed E-state index contributed by atoms with van der Waals surface area (Å²) >= 11 is 0. The third-order valence-corrected chi connectivity index (χ3v) is 2.84. The molecule has 0 N–H and O–H groups in total. The van der Waals surface area contributed by atoms with E-state index < -0.39 is 0 Å². The summed E-state index contributed by atoms with van der Waals surface area (Å²) in [5.74, 6) is 0.379. The minimum Gasteiger partial charge on any atom is -0.295 e. The monoisotopic (exact) mass is 208 g/mol. The van der Waals surface area contributed by atoms with E-state index in [9.17, 15) is 4.79 Å². The highest BCUT2D eigenvalue weighted by Gasteiger charge is 2.19. The maximum absolute atomic E-state index is 12.0. The van der Waals surface area contributed by atoms with Gasteiger partial charge < -0.3 is 0 Å². The summed E-state index contributed by atoms with van der Waals surface area (Å²) in [6.07, 6.45) is 10.1. The minimum absolute atomic E-state index is 0.125. The van der Waals surface area contributed by atoms with E-state index in [1.807, 2.05) is 0 Å². The van der Waals surface area contributed by atoms with Gasteiger partial charge in [0.2, 0.25) is 0 Å². The highest BCUT2D eigenvalue weighted by molar-refractivity contribution is 5.95. The molecule has 1 aliphatic rings. The molecule has 0 fully saturated rings. The molecule has 86 valence electrons. The number of allylic oxidation sites excluding steroid dienone is 2. The summed E-state index contributed by atoms with van der Waals surface area (Å²) in [7, 11) is 0. The Kier molecular flexibility index (Phi) is 4.56. The van der Waals surface area contributed by atoms with E-state index in [2.05, 4.69) is 26.8 Å². The second-order valence-electron chi connectivity index (χ2n) is 5.84. The van der Waals surface area contributed by atoms with E-state index in [0.717, 1.165) is 18.4 Å². The van der Waals surface area contributed by atoms with Crippen LogP contribution in [-0.4, -0.2) is 5.78 Å². The Morgan fingerprint density at radius 1 is 1.20 bits per heavy atom. The molecule has 0 atom stereocenters. The van der Waals surface area contributed by atoms with Crippen molar-refractivity contribution in [3.63, 3.8) is 0 Å². The normalized spacial score (nSPS) is 19.0. The lowest BCUT2D eigenvalue weighted by Gasteiger charge is -2.18. The van der Waals surface area contributed by atoms with Crippen molar-refractivity contribution in [2.24, 2.45) is 5.41 Å². The van der Waals surface area contributed by atoms with E-state index in [4.69, 9.17) is 0 Å². The number of hydrogen-bond acceptors (Lipinski definition) is 1. The smallest absolute Gasteiger partial charge is 0.159 e. The molecule has 0 aromatic carbocycles. The largest absolute Gasteiger partial charge is 0.295 e. The summed E-state index contributed by atoms with van der Waals surface area (Å²) in [6, 6.07) is 0. The van der Waals surface area contributed by atoms with Crippen LogP contribution in [0.15, 0.2) is 11.6 Å². The van der Waals surface area contributed by atoms with Crippen LogP contribution >= 0.6 is 0 Å². The standard InChI is InChI=1S/C14H24O/c1-14(2,3)11-13(15)12-9-7-5-4-6-8-10-12/h9H,4-8,10-11H2,1-3H3. The fraction of sp³-hybridized carbons (Fsp3) is 0.786. The van der Waals surface area contributed by atoms with Crippen LogP contribution in [-0.2, 0) is 4.79 Å². The van der Waals surface area contributed by atoms with Gasteiger partial charge in [-0.05, 0) is 36.7 Å². The lowest BCUT2D eigenvalue weighted by Crippen LogP contribution is -2.15. The Balaban J connectivity index is 2.56. The number of rotatable bonds is 2. The Morgan fingerprint density at radius 3 is 2.53 bits per heavy atom. The molecule has 1 heteroatoms. The van der Waals surface area contributed by atoms with Gasteiger partial charge in [-0.15, -0.1) is 0 Å². The molecule has 0 aromatic heterocycles. The van der Waals surface area contributed by atoms with Gasteiger partial charge in [0, 0.05) is 6.42 Å². The van der Waals surface area contributed by atoms with Crippen LogP contribution in [0.1, 0.15) is 65.7 Å². The molecule has 0 amide bonds. The van der Waals surface area contributed by atoms with Gasteiger partial charge in [-0.1, -0.05) is 39.7 Å². The predicted octanol–water partition coefficient (Wildman–Crippen LogP) is 4.27. The van der Waals surface area contributed by atoms with E-state index in [-0.39, 0.29) is 5.41 Å². The van der Waals surface area contributed by atoms with Crippen molar-refractivity contribution >= 4 is 5.78 Å². The van der Waals surface area contributed by atoms with Crippen molar-refractivity contribution in [2.75, 3.05) is 0 Å². The third-order valence-electron chi connectivity index (χ3n) is 2.84. The molecule has 0 saturated heterocycles. The van der Waals surface area contributed by atoms with E-state index in [1.165, 1.54) is 25.7 Å². The highest BCUT2D eigenvalue weighted by atomic mass is 16.1. The van der Waals surface area contributed by atoms with Gasteiger partial charge in [0.05, 0.1) is 0 Å². The maximum Gasteiger partial charge on any atom is 0.159 e. The molecule has 15 heavy (non-hydrogen) atoms. The molecule has 1 nitrogen and oxygen atoms in total. The molecule has 0 spiro atoms. The van der Waals surface area contributed by atoms with Crippen LogP contribution < -0.4 is 0 Å². The van der Waals surface area contributed by atoms with Crippen molar-refractivity contribution < 1.29 is 4.79 Å². The molecule has 1 rings (SSSR count). The SMILES string of the molecule is CC(C)(C)CC(=O)C1=CCCCCCC1. The first-order valence-electron chi connectivity index (χ1n) is 6.21. The zero-order valence-electron chi connectivity index (χ0n) is 10.4. The number of hydrogen-bond donors (Lipinski definition) is 0. The van der Waals surface area contributed by atoms with Gasteiger partial charge in [0.1, 0.15) is 0 Å². The summed E-state index contributed by atoms with van der Waals surface area (Å²) in [6.45, 7) is 6.40. The number of carbonyl (C=O) groups excluding carboxylic acids is 1. The summed E-state index contributed by atoms with van der Waals surface area (Å²) in [4.78, 5) is 12.0. The molecule has 0 bridgehead atoms. The molecule has 0 heterocycles. The van der Waals surface area contributed by atoms with Gasteiger partial charge in [-0.3, -0.25) is 4.79 Å². The fourth-order valence-electron chi connectivity index (χ4n) is 2.04. The van der Waals surface area contributed by atoms with Crippen molar-refractivity contribution in [3.05, 3.63) is 11.6 Å². The minimum atomic E-state index is 0.125. The molecule has 0 radical (unpaired) electrons. The summed E-state index contributed by atoms with van der Waals surface area (Å²) < 4.78 is 0. The Hall–Kier alpha value is -0.590. The number of Topliss-reactive ketones (excluding diaryl/α,β-unsaturated/α-hetero) is 1. The van der Waals surface area contributed by atoms with Crippen LogP contribution in [0, 0.1) is 5.41 Å². The van der Waals surface area contributed by atoms with E-state index in [0.29, 0.717) is 12.2 Å². The van der Waals surface area contributed by atoms with Gasteiger partial charge in [0.15, 0.2) is 5.78 Å². The third kappa shape index (κ3) is 5.15. The number of carbonyl (C=O) groups is 1. The van der Waals surface area contributed by atoms with Gasteiger partial charge in [-0.25, -0.2) is 0 Å².